The van der Waals surface area contributed by atoms with Gasteiger partial charge >= 0.3 is 10.8 Å². The molecule has 0 unspecified atom stereocenters. The normalized spacial score (nSPS) is 12.3. The molecule has 1 aliphatic heterocycles. The summed E-state index contributed by atoms with van der Waals surface area (Å²) >= 11 is 6.61. The van der Waals surface area contributed by atoms with E-state index in [2.05, 4.69) is 15.0 Å². The van der Waals surface area contributed by atoms with Gasteiger partial charge in [0.2, 0.25) is 11.8 Å². The van der Waals surface area contributed by atoms with E-state index in [4.69, 9.17) is 11.6 Å². The second kappa shape index (κ2) is 8.40. The molecule has 0 saturated carbocycles. The van der Waals surface area contributed by atoms with Gasteiger partial charge in [-0.1, -0.05) is 41.1 Å². The van der Waals surface area contributed by atoms with Gasteiger partial charge in [0.15, 0.2) is 0 Å². The molecule has 0 spiro atoms. The van der Waals surface area contributed by atoms with Crippen LogP contribution in [0.4, 0.5) is 5.69 Å². The van der Waals surface area contributed by atoms with E-state index in [1.54, 1.807) is 24.3 Å². The molecule has 11 heteroatoms. The number of nitrogens with one attached hydrogen (secondary N) is 1. The highest BCUT2D eigenvalue weighted by molar-refractivity contribution is 7.11. The van der Waals surface area contributed by atoms with Crippen molar-refractivity contribution in [3.8, 4) is 5.88 Å². The Morgan fingerprint density at radius 1 is 1.22 bits per heavy atom. The number of methoxy groups -OCH3 is 1. The molecule has 2 N–H and O–H groups in total. The number of ether oxygens (including phenoxy) is 1. The van der Waals surface area contributed by atoms with Gasteiger partial charge in [0.1, 0.15) is 11.4 Å². The lowest BCUT2D eigenvalue weighted by Gasteiger charge is -2.09. The highest BCUT2D eigenvalue weighted by Gasteiger charge is 2.26. The fourth-order valence-electron chi connectivity index (χ4n) is 3.20. The van der Waals surface area contributed by atoms with Crippen LogP contribution in [0.1, 0.15) is 15.2 Å². The summed E-state index contributed by atoms with van der Waals surface area (Å²) in [5, 5.41) is 14.2. The molecule has 1 aliphatic rings. The standard InChI is InChI=1S/C21H14ClN3O6S/c1-31-20(29)12-8-10(6-7-13(12)22)23-15(26)9-25-19(28)17(32-21(25)30)16-11-4-2-3-5-14(11)24-18(16)27/h2-8,28H,9H2,1H3,(H,23,26). The van der Waals surface area contributed by atoms with Crippen molar-refractivity contribution in [1.29, 1.82) is 0 Å². The van der Waals surface area contributed by atoms with E-state index in [0.29, 0.717) is 21.9 Å². The van der Waals surface area contributed by atoms with Crippen LogP contribution in [0.25, 0.3) is 5.57 Å². The van der Waals surface area contributed by atoms with Crippen LogP contribution in [0.2, 0.25) is 5.02 Å². The maximum absolute atomic E-state index is 12.5. The third-order valence-electron chi connectivity index (χ3n) is 4.66. The lowest BCUT2D eigenvalue weighted by molar-refractivity contribution is -0.117. The molecular weight excluding hydrogens is 458 g/mol. The number of hydrogen-bond acceptors (Lipinski definition) is 7. The Morgan fingerprint density at radius 3 is 2.72 bits per heavy atom. The topological polar surface area (TPSA) is 127 Å². The van der Waals surface area contributed by atoms with Crippen LogP contribution in [-0.4, -0.2) is 34.6 Å². The molecule has 0 radical (unpaired) electrons. The van der Waals surface area contributed by atoms with Crippen molar-refractivity contribution in [2.75, 3.05) is 12.4 Å². The summed E-state index contributed by atoms with van der Waals surface area (Å²) in [7, 11) is 1.20. The molecule has 2 amide bonds. The minimum absolute atomic E-state index is 0.0426. The van der Waals surface area contributed by atoms with Gasteiger partial charge in [0.05, 0.1) is 28.6 Å². The SMILES string of the molecule is COC(=O)c1cc(NC(=O)Cn2c(O)c(C3=c4ccccc4=NC3=O)sc2=O)ccc1Cl. The van der Waals surface area contributed by atoms with Crippen LogP contribution in [0.5, 0.6) is 5.88 Å². The van der Waals surface area contributed by atoms with E-state index >= 15 is 0 Å². The van der Waals surface area contributed by atoms with E-state index in [0.717, 1.165) is 4.57 Å². The van der Waals surface area contributed by atoms with Gasteiger partial charge in [-0.25, -0.2) is 9.79 Å². The molecule has 0 aliphatic carbocycles. The first-order chi connectivity index (χ1) is 15.3. The number of nitrogens with zero attached hydrogens (tertiary/aromatic N) is 2. The van der Waals surface area contributed by atoms with Crippen molar-refractivity contribution < 1.29 is 24.2 Å². The number of para-hydroxylation sites is 1. The molecule has 1 aromatic heterocycles. The Kier molecular flexibility index (Phi) is 5.64. The summed E-state index contributed by atoms with van der Waals surface area (Å²) in [5.41, 5.74) is 0.416. The third-order valence-corrected chi connectivity index (χ3v) is 5.98. The van der Waals surface area contributed by atoms with Crippen molar-refractivity contribution in [2.24, 2.45) is 4.99 Å². The largest absolute Gasteiger partial charge is 0.493 e. The highest BCUT2D eigenvalue weighted by atomic mass is 35.5. The van der Waals surface area contributed by atoms with Gasteiger partial charge in [0, 0.05) is 10.9 Å². The quantitative estimate of drug-likeness (QED) is 0.535. The number of benzene rings is 2. The van der Waals surface area contributed by atoms with Gasteiger partial charge in [-0.3, -0.25) is 19.0 Å². The van der Waals surface area contributed by atoms with E-state index in [1.165, 1.54) is 25.3 Å². The maximum Gasteiger partial charge on any atom is 0.339 e. The van der Waals surface area contributed by atoms with Gasteiger partial charge in [0.25, 0.3) is 5.91 Å². The first-order valence-electron chi connectivity index (χ1n) is 9.13. The van der Waals surface area contributed by atoms with E-state index < -0.39 is 35.1 Å². The van der Waals surface area contributed by atoms with Crippen molar-refractivity contribution in [2.45, 2.75) is 6.54 Å². The van der Waals surface area contributed by atoms with E-state index in [1.807, 2.05) is 0 Å². The highest BCUT2D eigenvalue weighted by Crippen LogP contribution is 2.28. The Hall–Kier alpha value is -3.76. The number of anilines is 1. The molecule has 0 saturated heterocycles. The summed E-state index contributed by atoms with van der Waals surface area (Å²) < 4.78 is 5.49. The van der Waals surface area contributed by atoms with Crippen molar-refractivity contribution in [3.63, 3.8) is 0 Å². The monoisotopic (exact) mass is 471 g/mol. The number of amides is 2. The van der Waals surface area contributed by atoms with E-state index in [9.17, 15) is 24.3 Å². The molecule has 162 valence electrons. The summed E-state index contributed by atoms with van der Waals surface area (Å²) in [6.07, 6.45) is 0. The molecule has 0 bridgehead atoms. The second-order valence-electron chi connectivity index (χ2n) is 6.65. The third kappa shape index (κ3) is 3.81. The number of fused-ring (bicyclic) bond motifs is 1. The van der Waals surface area contributed by atoms with Crippen LogP contribution >= 0.6 is 22.9 Å². The Bertz CT molecular complexity index is 1470. The number of halogens is 1. The number of aromatic hydroxyl groups is 1. The van der Waals surface area contributed by atoms with Gasteiger partial charge in [-0.2, -0.15) is 0 Å². The van der Waals surface area contributed by atoms with E-state index in [-0.39, 0.29) is 26.7 Å². The molecule has 0 atom stereocenters. The molecule has 32 heavy (non-hydrogen) atoms. The number of rotatable bonds is 5. The zero-order chi connectivity index (χ0) is 23.0. The lowest BCUT2D eigenvalue weighted by atomic mass is 10.1. The molecule has 4 rings (SSSR count). The number of esters is 1. The fourth-order valence-corrected chi connectivity index (χ4v) is 4.33. The Labute approximate surface area is 188 Å². The first-order valence-corrected chi connectivity index (χ1v) is 10.3. The van der Waals surface area contributed by atoms with Crippen LogP contribution in [0.3, 0.4) is 0 Å². The molecular formula is C21H14ClN3O6S. The zero-order valence-electron chi connectivity index (χ0n) is 16.4. The average molecular weight is 472 g/mol. The smallest absolute Gasteiger partial charge is 0.339 e. The van der Waals surface area contributed by atoms with Crippen molar-refractivity contribution in [3.05, 3.63) is 78.2 Å². The molecule has 0 fully saturated rings. The predicted molar refractivity (Wildman–Crippen MR) is 116 cm³/mol. The van der Waals surface area contributed by atoms with Crippen LogP contribution in [-0.2, 0) is 20.9 Å². The van der Waals surface area contributed by atoms with Crippen LogP contribution in [0, 0.1) is 0 Å². The number of hydrogen-bond donors (Lipinski definition) is 2. The van der Waals surface area contributed by atoms with Crippen LogP contribution < -0.4 is 20.8 Å². The fraction of sp³-hybridized carbons (Fsp3) is 0.0952. The second-order valence-corrected chi connectivity index (χ2v) is 8.02. The number of thiazole rings is 1. The number of carbonyl (C=O) groups is 3. The predicted octanol–water partition coefficient (Wildman–Crippen LogP) is 1.05. The molecule has 2 aromatic carbocycles. The maximum atomic E-state index is 12.5. The van der Waals surface area contributed by atoms with Crippen LogP contribution in [0.15, 0.2) is 52.3 Å². The average Bonchev–Trinajstić information content (AvgIpc) is 3.24. The first kappa shape index (κ1) is 21.5. The van der Waals surface area contributed by atoms with Gasteiger partial charge < -0.3 is 15.2 Å². The summed E-state index contributed by atoms with van der Waals surface area (Å²) in [6.45, 7) is -0.516. The summed E-state index contributed by atoms with van der Waals surface area (Å²) in [4.78, 5) is 52.4. The summed E-state index contributed by atoms with van der Waals surface area (Å²) in [5.74, 6) is -2.39. The molecule has 2 heterocycles. The Balaban J connectivity index is 1.63. The molecule has 3 aromatic rings. The Morgan fingerprint density at radius 2 is 1.97 bits per heavy atom. The zero-order valence-corrected chi connectivity index (χ0v) is 18.0. The van der Waals surface area contributed by atoms with Crippen molar-refractivity contribution >= 4 is 52.0 Å². The van der Waals surface area contributed by atoms with Gasteiger partial charge in [-0.05, 0) is 24.3 Å². The summed E-state index contributed by atoms with van der Waals surface area (Å²) in [6, 6.07) is 11.0. The minimum atomic E-state index is -0.675. The van der Waals surface area contributed by atoms with Gasteiger partial charge in [-0.15, -0.1) is 0 Å². The lowest BCUT2D eigenvalue weighted by Crippen LogP contribution is -2.24. The number of aromatic nitrogens is 1. The minimum Gasteiger partial charge on any atom is -0.493 e. The molecule has 9 nitrogen and oxygen atoms in total. The van der Waals surface area contributed by atoms with Crippen molar-refractivity contribution in [1.82, 2.24) is 4.57 Å². The number of carbonyl (C=O) groups excluding carboxylic acids is 3.